The van der Waals surface area contributed by atoms with Crippen molar-refractivity contribution in [3.8, 4) is 5.75 Å². The van der Waals surface area contributed by atoms with Crippen LogP contribution in [0, 0.1) is 6.92 Å². The molecule has 0 saturated heterocycles. The zero-order valence-electron chi connectivity index (χ0n) is 12.0. The molecule has 0 fully saturated rings. The molecule has 0 saturated carbocycles. The first kappa shape index (κ1) is 15.5. The Kier molecular flexibility index (Phi) is 5.64. The first-order valence-corrected chi connectivity index (χ1v) is 8.42. The van der Waals surface area contributed by atoms with Crippen molar-refractivity contribution in [2.45, 2.75) is 32.9 Å². The summed E-state index contributed by atoms with van der Waals surface area (Å²) in [6.07, 6.45) is 0. The van der Waals surface area contributed by atoms with Gasteiger partial charge in [0.2, 0.25) is 0 Å². The summed E-state index contributed by atoms with van der Waals surface area (Å²) < 4.78 is 6.98. The number of aryl methyl sites for hydroxylation is 1. The van der Waals surface area contributed by atoms with Crippen molar-refractivity contribution in [1.29, 1.82) is 0 Å². The van der Waals surface area contributed by atoms with Crippen LogP contribution >= 0.6 is 27.3 Å². The van der Waals surface area contributed by atoms with E-state index in [4.69, 9.17) is 4.74 Å². The van der Waals surface area contributed by atoms with Crippen LogP contribution in [0.4, 0.5) is 0 Å². The molecule has 4 heteroatoms. The number of hydrogen-bond acceptors (Lipinski definition) is 3. The van der Waals surface area contributed by atoms with E-state index in [1.807, 2.05) is 12.1 Å². The fraction of sp³-hybridized carbons (Fsp3) is 0.375. The van der Waals surface area contributed by atoms with Crippen LogP contribution in [0.2, 0.25) is 0 Å². The van der Waals surface area contributed by atoms with Gasteiger partial charge in [-0.15, -0.1) is 11.3 Å². The smallest absolute Gasteiger partial charge is 0.119 e. The van der Waals surface area contributed by atoms with Crippen molar-refractivity contribution in [3.05, 3.63) is 50.6 Å². The van der Waals surface area contributed by atoms with Crippen LogP contribution in [0.25, 0.3) is 0 Å². The molecule has 0 radical (unpaired) electrons. The predicted molar refractivity (Wildman–Crippen MR) is 89.7 cm³/mol. The second-order valence-corrected chi connectivity index (χ2v) is 6.85. The summed E-state index contributed by atoms with van der Waals surface area (Å²) in [5.74, 6) is 0.925. The molecule has 2 atom stereocenters. The van der Waals surface area contributed by atoms with Crippen LogP contribution in [0.5, 0.6) is 5.75 Å². The Morgan fingerprint density at radius 2 is 1.90 bits per heavy atom. The molecule has 2 rings (SSSR count). The fourth-order valence-electron chi connectivity index (χ4n) is 2.02. The second-order valence-electron chi connectivity index (χ2n) is 5.05. The maximum Gasteiger partial charge on any atom is 0.119 e. The van der Waals surface area contributed by atoms with Gasteiger partial charge in [0.15, 0.2) is 0 Å². The summed E-state index contributed by atoms with van der Waals surface area (Å²) in [6, 6.07) is 10.9. The van der Waals surface area contributed by atoms with Gasteiger partial charge < -0.3 is 10.1 Å². The first-order chi connectivity index (χ1) is 9.56. The Morgan fingerprint density at radius 1 is 1.20 bits per heavy atom. The summed E-state index contributed by atoms with van der Waals surface area (Å²) in [5, 5.41) is 5.66. The lowest BCUT2D eigenvalue weighted by Gasteiger charge is -2.20. The minimum atomic E-state index is 0.292. The molecule has 20 heavy (non-hydrogen) atoms. The molecular formula is C16H20BrNOS. The van der Waals surface area contributed by atoms with Crippen LogP contribution in [-0.2, 0) is 0 Å². The number of rotatable bonds is 6. The van der Waals surface area contributed by atoms with Crippen LogP contribution in [0.15, 0.2) is 40.2 Å². The summed E-state index contributed by atoms with van der Waals surface area (Å²) in [4.78, 5) is 1.33. The number of benzene rings is 1. The quantitative estimate of drug-likeness (QED) is 0.794. The normalized spacial score (nSPS) is 14.0. The molecule has 0 bridgehead atoms. The van der Waals surface area contributed by atoms with Crippen LogP contribution in [0.3, 0.4) is 0 Å². The van der Waals surface area contributed by atoms with Gasteiger partial charge in [0, 0.05) is 21.4 Å². The van der Waals surface area contributed by atoms with E-state index in [9.17, 15) is 0 Å². The zero-order chi connectivity index (χ0) is 14.5. The Balaban J connectivity index is 1.82. The number of thiophene rings is 1. The van der Waals surface area contributed by atoms with Gasteiger partial charge >= 0.3 is 0 Å². The van der Waals surface area contributed by atoms with Crippen molar-refractivity contribution in [2.75, 3.05) is 6.61 Å². The molecule has 1 aromatic heterocycles. The van der Waals surface area contributed by atoms with Crippen molar-refractivity contribution < 1.29 is 4.74 Å². The van der Waals surface area contributed by atoms with Gasteiger partial charge in [-0.2, -0.15) is 0 Å². The monoisotopic (exact) mass is 353 g/mol. The van der Waals surface area contributed by atoms with E-state index < -0.39 is 0 Å². The van der Waals surface area contributed by atoms with E-state index in [1.165, 1.54) is 14.9 Å². The van der Waals surface area contributed by atoms with Crippen molar-refractivity contribution in [1.82, 2.24) is 5.32 Å². The van der Waals surface area contributed by atoms with E-state index in [2.05, 4.69) is 65.6 Å². The van der Waals surface area contributed by atoms with E-state index in [0.29, 0.717) is 18.7 Å². The van der Waals surface area contributed by atoms with Crippen LogP contribution in [-0.4, -0.2) is 12.6 Å². The van der Waals surface area contributed by atoms with E-state index in [1.54, 1.807) is 11.3 Å². The van der Waals surface area contributed by atoms with Gasteiger partial charge in [-0.05, 0) is 60.3 Å². The molecule has 0 aliphatic carbocycles. The lowest BCUT2D eigenvalue weighted by atomic mass is 10.2. The molecule has 2 nitrogen and oxygen atoms in total. The molecule has 0 spiro atoms. The zero-order valence-corrected chi connectivity index (χ0v) is 14.4. The molecule has 1 N–H and O–H groups in total. The van der Waals surface area contributed by atoms with E-state index in [0.717, 1.165) is 5.75 Å². The van der Waals surface area contributed by atoms with Gasteiger partial charge in [0.05, 0.1) is 0 Å². The summed E-state index contributed by atoms with van der Waals surface area (Å²) in [7, 11) is 0. The highest BCUT2D eigenvalue weighted by molar-refractivity contribution is 9.10. The van der Waals surface area contributed by atoms with Gasteiger partial charge in [-0.25, -0.2) is 0 Å². The number of nitrogens with one attached hydrogen (secondary N) is 1. The summed E-state index contributed by atoms with van der Waals surface area (Å²) in [5.41, 5.74) is 1.25. The SMILES string of the molecule is Cc1ccc(OCC(C)NC(C)c2sccc2Br)cc1. The summed E-state index contributed by atoms with van der Waals surface area (Å²) >= 11 is 5.34. The average molecular weight is 354 g/mol. The third-order valence-corrected chi connectivity index (χ3v) is 5.15. The molecule has 0 aliphatic rings. The molecule has 0 amide bonds. The Hall–Kier alpha value is -0.840. The molecule has 1 heterocycles. The Labute approximate surface area is 133 Å². The molecular weight excluding hydrogens is 334 g/mol. The number of ether oxygens (including phenoxy) is 1. The predicted octanol–water partition coefficient (Wildman–Crippen LogP) is 4.94. The molecule has 2 aromatic rings. The average Bonchev–Trinajstić information content (AvgIpc) is 2.84. The Bertz CT molecular complexity index is 538. The van der Waals surface area contributed by atoms with Crippen molar-refractivity contribution >= 4 is 27.3 Å². The van der Waals surface area contributed by atoms with Crippen molar-refractivity contribution in [3.63, 3.8) is 0 Å². The first-order valence-electron chi connectivity index (χ1n) is 6.74. The standard InChI is InChI=1S/C16H20BrNOS/c1-11-4-6-14(7-5-11)19-10-12(2)18-13(3)16-15(17)8-9-20-16/h4-9,12-13,18H,10H2,1-3H3. The molecule has 0 aliphatic heterocycles. The minimum absolute atomic E-state index is 0.292. The minimum Gasteiger partial charge on any atom is -0.492 e. The fourth-order valence-corrected chi connectivity index (χ4v) is 3.76. The van der Waals surface area contributed by atoms with Gasteiger partial charge in [-0.3, -0.25) is 0 Å². The lowest BCUT2D eigenvalue weighted by molar-refractivity contribution is 0.264. The lowest BCUT2D eigenvalue weighted by Crippen LogP contribution is -2.33. The third-order valence-electron chi connectivity index (χ3n) is 3.09. The molecule has 1 aromatic carbocycles. The van der Waals surface area contributed by atoms with Gasteiger partial charge in [0.1, 0.15) is 12.4 Å². The van der Waals surface area contributed by atoms with E-state index >= 15 is 0 Å². The summed E-state index contributed by atoms with van der Waals surface area (Å²) in [6.45, 7) is 7.07. The third kappa shape index (κ3) is 4.33. The number of hydrogen-bond donors (Lipinski definition) is 1. The topological polar surface area (TPSA) is 21.3 Å². The highest BCUT2D eigenvalue weighted by atomic mass is 79.9. The van der Waals surface area contributed by atoms with Crippen LogP contribution < -0.4 is 10.1 Å². The maximum absolute atomic E-state index is 5.80. The molecule has 2 unspecified atom stereocenters. The maximum atomic E-state index is 5.80. The van der Waals surface area contributed by atoms with Gasteiger partial charge in [-0.1, -0.05) is 17.7 Å². The number of halogens is 1. The highest BCUT2D eigenvalue weighted by Gasteiger charge is 2.13. The highest BCUT2D eigenvalue weighted by Crippen LogP contribution is 2.28. The van der Waals surface area contributed by atoms with Crippen LogP contribution in [0.1, 0.15) is 30.3 Å². The van der Waals surface area contributed by atoms with Crippen molar-refractivity contribution in [2.24, 2.45) is 0 Å². The van der Waals surface area contributed by atoms with E-state index in [-0.39, 0.29) is 0 Å². The Morgan fingerprint density at radius 3 is 2.50 bits per heavy atom. The second kappa shape index (κ2) is 7.25. The largest absolute Gasteiger partial charge is 0.492 e. The molecule has 108 valence electrons. The van der Waals surface area contributed by atoms with Gasteiger partial charge in [0.25, 0.3) is 0 Å².